The molecule has 2 aliphatic rings. The maximum absolute atomic E-state index is 14.5. The second-order valence-electron chi connectivity index (χ2n) is 10.1. The molecule has 1 amide bonds. The largest absolute Gasteiger partial charge is 0.449 e. The number of halogens is 3. The van der Waals surface area contributed by atoms with Gasteiger partial charge in [-0.2, -0.15) is 0 Å². The molecule has 2 N–H and O–H groups in total. The smallest absolute Gasteiger partial charge is 0.409 e. The minimum atomic E-state index is -0.439. The fourth-order valence-corrected chi connectivity index (χ4v) is 5.44. The summed E-state index contributed by atoms with van der Waals surface area (Å²) in [5, 5.41) is 0.494. The number of carbonyl (C=O) groups excluding carboxylic acids is 1. The molecule has 1 saturated carbocycles. The van der Waals surface area contributed by atoms with Gasteiger partial charge in [0, 0.05) is 13.1 Å². The van der Waals surface area contributed by atoms with Crippen molar-refractivity contribution >= 4 is 23.4 Å². The fourth-order valence-electron chi connectivity index (χ4n) is 5.24. The van der Waals surface area contributed by atoms with Gasteiger partial charge in [0.2, 0.25) is 0 Å². The van der Waals surface area contributed by atoms with Gasteiger partial charge < -0.3 is 15.4 Å². The Morgan fingerprint density at radius 3 is 2.76 bits per heavy atom. The lowest BCUT2D eigenvalue weighted by Crippen LogP contribution is -2.31. The molecule has 3 atom stereocenters. The Labute approximate surface area is 199 Å². The van der Waals surface area contributed by atoms with E-state index in [-0.39, 0.29) is 23.3 Å². The van der Waals surface area contributed by atoms with Gasteiger partial charge in [-0.3, -0.25) is 0 Å². The number of likely N-dealkylation sites (tertiary alicyclic amines) is 1. The summed E-state index contributed by atoms with van der Waals surface area (Å²) >= 11 is 6.23. The predicted octanol–water partition coefficient (Wildman–Crippen LogP) is 6.11. The van der Waals surface area contributed by atoms with Crippen molar-refractivity contribution in [1.82, 2.24) is 4.90 Å². The van der Waals surface area contributed by atoms with Crippen molar-refractivity contribution < 1.29 is 18.3 Å². The molecule has 178 valence electrons. The van der Waals surface area contributed by atoms with Crippen molar-refractivity contribution in [2.24, 2.45) is 23.2 Å². The molecule has 2 aromatic carbocycles. The molecule has 4 nitrogen and oxygen atoms in total. The van der Waals surface area contributed by atoms with Gasteiger partial charge in [-0.05, 0) is 90.3 Å². The first kappa shape index (κ1) is 23.8. The maximum atomic E-state index is 14.5. The van der Waals surface area contributed by atoms with E-state index in [4.69, 9.17) is 22.1 Å². The van der Waals surface area contributed by atoms with Crippen molar-refractivity contribution in [3.63, 3.8) is 0 Å². The topological polar surface area (TPSA) is 55.6 Å². The fraction of sp³-hybridized carbons (Fsp3) is 0.500. The van der Waals surface area contributed by atoms with E-state index in [2.05, 4.69) is 0 Å². The van der Waals surface area contributed by atoms with Crippen LogP contribution < -0.4 is 5.73 Å². The normalized spacial score (nSPS) is 22.7. The number of hydrogen-bond acceptors (Lipinski definition) is 3. The van der Waals surface area contributed by atoms with Gasteiger partial charge in [0.1, 0.15) is 11.6 Å². The van der Waals surface area contributed by atoms with E-state index < -0.39 is 11.6 Å². The van der Waals surface area contributed by atoms with Crippen LogP contribution in [0, 0.1) is 34.8 Å². The molecule has 4 rings (SSSR count). The molecule has 1 spiro atoms. The Morgan fingerprint density at radius 1 is 1.24 bits per heavy atom. The molecule has 33 heavy (non-hydrogen) atoms. The number of nitrogens with two attached hydrogens (primary N) is 1. The molecule has 2 aromatic rings. The summed E-state index contributed by atoms with van der Waals surface area (Å²) in [5.41, 5.74) is 7.80. The van der Waals surface area contributed by atoms with Crippen LogP contribution in [0.25, 0.3) is 0 Å². The summed E-state index contributed by atoms with van der Waals surface area (Å²) < 4.78 is 33.7. The summed E-state index contributed by atoms with van der Waals surface area (Å²) in [7, 11) is 0. The molecule has 2 fully saturated rings. The molecule has 0 aromatic heterocycles. The highest BCUT2D eigenvalue weighted by atomic mass is 35.5. The standard InChI is InChI=1S/C26H31ClF2N2O2/c1-16(2)14-33-25(32)31-8-7-26(15-31)13-21(26)18(9-17-3-6-24(30)22(27)10-17)11-19-12-20(28)4-5-23(19)29/h3-6,10,12,16,18,21H,7-9,11,13-15,30H2,1-2H3/t18?,21?,26-/m0/s1. The van der Waals surface area contributed by atoms with Crippen LogP contribution in [0.5, 0.6) is 0 Å². The van der Waals surface area contributed by atoms with E-state index in [1.807, 2.05) is 26.0 Å². The van der Waals surface area contributed by atoms with E-state index in [0.717, 1.165) is 24.5 Å². The average Bonchev–Trinajstić information content (AvgIpc) is 3.29. The van der Waals surface area contributed by atoms with Gasteiger partial charge in [0.05, 0.1) is 17.3 Å². The third kappa shape index (κ3) is 5.43. The lowest BCUT2D eigenvalue weighted by atomic mass is 9.84. The highest BCUT2D eigenvalue weighted by Gasteiger charge is 2.60. The molecule has 7 heteroatoms. The van der Waals surface area contributed by atoms with Crippen molar-refractivity contribution in [2.45, 2.75) is 39.5 Å². The first-order valence-electron chi connectivity index (χ1n) is 11.6. The van der Waals surface area contributed by atoms with E-state index in [0.29, 0.717) is 54.7 Å². The van der Waals surface area contributed by atoms with E-state index in [1.165, 1.54) is 12.1 Å². The zero-order chi connectivity index (χ0) is 23.8. The number of nitrogen functional groups attached to an aromatic ring is 1. The van der Waals surface area contributed by atoms with Gasteiger partial charge >= 0.3 is 6.09 Å². The lowest BCUT2D eigenvalue weighted by molar-refractivity contribution is 0.0974. The van der Waals surface area contributed by atoms with Crippen molar-refractivity contribution in [3.05, 3.63) is 64.2 Å². The number of carbonyl (C=O) groups is 1. The molecule has 0 bridgehead atoms. The van der Waals surface area contributed by atoms with Crippen LogP contribution in [0.1, 0.15) is 37.8 Å². The highest BCUT2D eigenvalue weighted by Crippen LogP contribution is 2.62. The molecule has 0 radical (unpaired) electrons. The Balaban J connectivity index is 1.51. The van der Waals surface area contributed by atoms with Gasteiger partial charge in [-0.25, -0.2) is 13.6 Å². The summed E-state index contributed by atoms with van der Waals surface area (Å²) in [5.74, 6) is -0.147. The van der Waals surface area contributed by atoms with Gasteiger partial charge in [-0.15, -0.1) is 0 Å². The summed E-state index contributed by atoms with van der Waals surface area (Å²) in [6, 6.07) is 9.19. The molecule has 1 aliphatic heterocycles. The summed E-state index contributed by atoms with van der Waals surface area (Å²) in [6.45, 7) is 5.75. The van der Waals surface area contributed by atoms with Crippen LogP contribution >= 0.6 is 11.6 Å². The minimum Gasteiger partial charge on any atom is -0.449 e. The van der Waals surface area contributed by atoms with E-state index in [9.17, 15) is 13.6 Å². The zero-order valence-corrected chi connectivity index (χ0v) is 19.9. The highest BCUT2D eigenvalue weighted by molar-refractivity contribution is 6.33. The first-order valence-corrected chi connectivity index (χ1v) is 11.9. The van der Waals surface area contributed by atoms with Gasteiger partial charge in [-0.1, -0.05) is 31.5 Å². The van der Waals surface area contributed by atoms with Crippen LogP contribution in [0.15, 0.2) is 36.4 Å². The summed E-state index contributed by atoms with van der Waals surface area (Å²) in [6.07, 6.45) is 2.71. The molecule has 1 saturated heterocycles. The van der Waals surface area contributed by atoms with Crippen molar-refractivity contribution in [3.8, 4) is 0 Å². The number of nitrogens with zero attached hydrogens (tertiary/aromatic N) is 1. The number of amides is 1. The van der Waals surface area contributed by atoms with Crippen LogP contribution in [-0.2, 0) is 17.6 Å². The predicted molar refractivity (Wildman–Crippen MR) is 126 cm³/mol. The monoisotopic (exact) mass is 476 g/mol. The van der Waals surface area contributed by atoms with Gasteiger partial charge in [0.25, 0.3) is 0 Å². The van der Waals surface area contributed by atoms with Crippen LogP contribution in [0.4, 0.5) is 19.3 Å². The third-order valence-electron chi connectivity index (χ3n) is 7.06. The molecular formula is C26H31ClF2N2O2. The molecule has 1 aliphatic carbocycles. The average molecular weight is 477 g/mol. The van der Waals surface area contributed by atoms with Crippen LogP contribution in [0.2, 0.25) is 5.02 Å². The molecular weight excluding hydrogens is 446 g/mol. The van der Waals surface area contributed by atoms with Crippen LogP contribution in [0.3, 0.4) is 0 Å². The minimum absolute atomic E-state index is 0.0168. The molecule has 2 unspecified atom stereocenters. The number of anilines is 1. The quantitative estimate of drug-likeness (QED) is 0.491. The second kappa shape index (κ2) is 9.49. The SMILES string of the molecule is CC(C)COC(=O)N1CC[C@]2(CC2C(Cc2ccc(N)c(Cl)c2)Cc2cc(F)ccc2F)C1. The van der Waals surface area contributed by atoms with E-state index >= 15 is 0 Å². The van der Waals surface area contributed by atoms with Gasteiger partial charge in [0.15, 0.2) is 0 Å². The Morgan fingerprint density at radius 2 is 2.03 bits per heavy atom. The number of rotatable bonds is 7. The number of ether oxygens (including phenoxy) is 1. The first-order chi connectivity index (χ1) is 15.7. The Bertz CT molecular complexity index is 1030. The zero-order valence-electron chi connectivity index (χ0n) is 19.1. The van der Waals surface area contributed by atoms with Crippen molar-refractivity contribution in [2.75, 3.05) is 25.4 Å². The number of benzene rings is 2. The number of hydrogen-bond donors (Lipinski definition) is 1. The molecule has 1 heterocycles. The summed E-state index contributed by atoms with van der Waals surface area (Å²) in [4.78, 5) is 14.3. The van der Waals surface area contributed by atoms with E-state index in [1.54, 1.807) is 11.0 Å². The maximum Gasteiger partial charge on any atom is 0.409 e. The Hall–Kier alpha value is -2.34. The lowest BCUT2D eigenvalue weighted by Gasteiger charge is -2.22. The van der Waals surface area contributed by atoms with Crippen LogP contribution in [-0.4, -0.2) is 30.7 Å². The van der Waals surface area contributed by atoms with Crippen molar-refractivity contribution in [1.29, 1.82) is 0 Å². The second-order valence-corrected chi connectivity index (χ2v) is 10.5. The third-order valence-corrected chi connectivity index (χ3v) is 7.39. The Kier molecular flexibility index (Phi) is 6.85.